The Bertz CT molecular complexity index is 1540. The van der Waals surface area contributed by atoms with Crippen LogP contribution in [0, 0.1) is 6.92 Å². The summed E-state index contributed by atoms with van der Waals surface area (Å²) in [6, 6.07) is 16.9. The minimum Gasteiger partial charge on any atom is -0.507 e. The molecule has 2 N–H and O–H groups in total. The maximum Gasteiger partial charge on any atom is 0.283 e. The second kappa shape index (κ2) is 9.09. The average Bonchev–Trinajstić information content (AvgIpc) is 3.48. The molecule has 0 bridgehead atoms. The third-order valence-electron chi connectivity index (χ3n) is 5.52. The van der Waals surface area contributed by atoms with Gasteiger partial charge in [0.2, 0.25) is 0 Å². The molecule has 5 aromatic rings. The Labute approximate surface area is 199 Å². The van der Waals surface area contributed by atoms with E-state index in [0.29, 0.717) is 17.0 Å². The van der Waals surface area contributed by atoms with E-state index in [0.717, 1.165) is 37.9 Å². The molecule has 34 heavy (non-hydrogen) atoms. The fourth-order valence-electron chi connectivity index (χ4n) is 4.07. The lowest BCUT2D eigenvalue weighted by molar-refractivity contribution is 0.0959. The van der Waals surface area contributed by atoms with E-state index in [-0.39, 0.29) is 11.7 Å². The molecule has 0 aliphatic rings. The molecule has 8 heteroatoms. The van der Waals surface area contributed by atoms with Gasteiger partial charge in [-0.2, -0.15) is 5.10 Å². The van der Waals surface area contributed by atoms with Gasteiger partial charge in [-0.3, -0.25) is 4.79 Å². The Morgan fingerprint density at radius 1 is 1.21 bits per heavy atom. The Morgan fingerprint density at radius 2 is 2.00 bits per heavy atom. The number of amides is 1. The van der Waals surface area contributed by atoms with Gasteiger partial charge in [0.1, 0.15) is 15.5 Å². The third kappa shape index (κ3) is 3.93. The van der Waals surface area contributed by atoms with Crippen molar-refractivity contribution in [3.05, 3.63) is 88.7 Å². The largest absolute Gasteiger partial charge is 0.507 e. The van der Waals surface area contributed by atoms with Crippen LogP contribution in [0.5, 0.6) is 5.75 Å². The van der Waals surface area contributed by atoms with Gasteiger partial charge in [-0.05, 0) is 47.5 Å². The summed E-state index contributed by atoms with van der Waals surface area (Å²) in [6.45, 7) is 2.33. The highest BCUT2D eigenvalue weighted by Gasteiger charge is 2.23. The number of benzene rings is 2. The fraction of sp³-hybridized carbons (Fsp3) is 0.115. The quantitative estimate of drug-likeness (QED) is 0.265. The summed E-state index contributed by atoms with van der Waals surface area (Å²) >= 11 is 1.31. The molecule has 0 atom stereocenters. The van der Waals surface area contributed by atoms with E-state index in [1.54, 1.807) is 13.2 Å². The van der Waals surface area contributed by atoms with Gasteiger partial charge >= 0.3 is 0 Å². The number of methoxy groups -OCH3 is 1. The summed E-state index contributed by atoms with van der Waals surface area (Å²) < 4.78 is 7.32. The predicted octanol–water partition coefficient (Wildman–Crippen LogP) is 5.16. The molecule has 0 saturated heterocycles. The zero-order valence-corrected chi connectivity index (χ0v) is 19.5. The molecule has 0 aliphatic carbocycles. The van der Waals surface area contributed by atoms with Crippen molar-refractivity contribution in [1.29, 1.82) is 0 Å². The molecule has 0 unspecified atom stereocenters. The highest BCUT2D eigenvalue weighted by molar-refractivity contribution is 7.21. The second-order valence-electron chi connectivity index (χ2n) is 7.82. The highest BCUT2D eigenvalue weighted by Crippen LogP contribution is 2.36. The summed E-state index contributed by atoms with van der Waals surface area (Å²) in [7, 11) is 1.65. The normalized spacial score (nSPS) is 11.6. The van der Waals surface area contributed by atoms with Crippen LogP contribution in [0.4, 0.5) is 0 Å². The molecule has 0 aliphatic heterocycles. The molecular weight excluding hydrogens is 448 g/mol. The van der Waals surface area contributed by atoms with Gasteiger partial charge in [0.05, 0.1) is 18.5 Å². The molecular formula is C26H22N4O3S. The number of rotatable bonds is 6. The predicted molar refractivity (Wildman–Crippen MR) is 135 cm³/mol. The van der Waals surface area contributed by atoms with Gasteiger partial charge in [-0.15, -0.1) is 11.3 Å². The van der Waals surface area contributed by atoms with Crippen molar-refractivity contribution in [2.45, 2.75) is 13.5 Å². The molecule has 0 saturated carbocycles. The maximum atomic E-state index is 13.3. The van der Waals surface area contributed by atoms with E-state index in [2.05, 4.69) is 15.5 Å². The second-order valence-corrected chi connectivity index (χ2v) is 8.82. The van der Waals surface area contributed by atoms with E-state index in [1.807, 2.05) is 72.4 Å². The summed E-state index contributed by atoms with van der Waals surface area (Å²) in [4.78, 5) is 19.2. The topological polar surface area (TPSA) is 88.7 Å². The van der Waals surface area contributed by atoms with Crippen molar-refractivity contribution in [2.24, 2.45) is 5.10 Å². The Kier molecular flexibility index (Phi) is 5.83. The van der Waals surface area contributed by atoms with E-state index < -0.39 is 0 Å². The number of aryl methyl sites for hydroxylation is 1. The first-order valence-electron chi connectivity index (χ1n) is 10.7. The van der Waals surface area contributed by atoms with E-state index in [4.69, 9.17) is 4.74 Å². The zero-order chi connectivity index (χ0) is 23.7. The number of phenols is 1. The first kappa shape index (κ1) is 21.8. The average molecular weight is 471 g/mol. The Morgan fingerprint density at radius 3 is 2.79 bits per heavy atom. The van der Waals surface area contributed by atoms with E-state index >= 15 is 0 Å². The van der Waals surface area contributed by atoms with Crippen LogP contribution in [0.15, 0.2) is 72.1 Å². The standard InChI is InChI=1S/C26H22N4O3S/c1-16-13-18(15-33-2)22-23(30-11-5-6-12-30)24(34-26(22)28-16)25(32)29-27-14-20-19-8-4-3-7-17(19)9-10-21(20)31/h3-14,31H,15H2,1-2H3,(H,29,32). The highest BCUT2D eigenvalue weighted by atomic mass is 32.1. The molecule has 170 valence electrons. The van der Waals surface area contributed by atoms with Crippen LogP contribution < -0.4 is 5.43 Å². The smallest absolute Gasteiger partial charge is 0.283 e. The Hall–Kier alpha value is -4.01. The minimum absolute atomic E-state index is 0.0930. The van der Waals surface area contributed by atoms with Crippen LogP contribution in [-0.4, -0.2) is 33.9 Å². The number of hydrogen-bond acceptors (Lipinski definition) is 6. The number of nitrogens with one attached hydrogen (secondary N) is 1. The number of hydrogen-bond donors (Lipinski definition) is 2. The van der Waals surface area contributed by atoms with Crippen LogP contribution in [0.1, 0.15) is 26.5 Å². The third-order valence-corrected chi connectivity index (χ3v) is 6.59. The first-order valence-corrected chi connectivity index (χ1v) is 11.5. The van der Waals surface area contributed by atoms with Crippen LogP contribution in [0.2, 0.25) is 0 Å². The number of fused-ring (bicyclic) bond motifs is 2. The molecule has 1 amide bonds. The lowest BCUT2D eigenvalue weighted by atomic mass is 10.0. The number of ether oxygens (including phenoxy) is 1. The first-order chi connectivity index (χ1) is 16.6. The molecule has 0 spiro atoms. The lowest BCUT2D eigenvalue weighted by Gasteiger charge is -2.09. The summed E-state index contributed by atoms with van der Waals surface area (Å²) in [5.74, 6) is -0.265. The van der Waals surface area contributed by atoms with Crippen molar-refractivity contribution in [1.82, 2.24) is 15.0 Å². The molecule has 5 rings (SSSR count). The van der Waals surface area contributed by atoms with Crippen LogP contribution in [0.25, 0.3) is 26.7 Å². The number of thiophene rings is 1. The molecule has 0 radical (unpaired) electrons. The number of carbonyl (C=O) groups excluding carboxylic acids is 1. The van der Waals surface area contributed by atoms with Crippen molar-refractivity contribution >= 4 is 44.4 Å². The molecule has 3 heterocycles. The summed E-state index contributed by atoms with van der Waals surface area (Å²) in [6.07, 6.45) is 5.26. The maximum absolute atomic E-state index is 13.3. The van der Waals surface area contributed by atoms with Gasteiger partial charge in [-0.1, -0.05) is 30.3 Å². The van der Waals surface area contributed by atoms with Crippen LogP contribution in [-0.2, 0) is 11.3 Å². The van der Waals surface area contributed by atoms with Gasteiger partial charge in [0, 0.05) is 36.1 Å². The number of aromatic hydroxyl groups is 1. The van der Waals surface area contributed by atoms with E-state index in [1.165, 1.54) is 17.6 Å². The van der Waals surface area contributed by atoms with Gasteiger partial charge in [-0.25, -0.2) is 10.4 Å². The number of nitrogens with zero attached hydrogens (tertiary/aromatic N) is 3. The van der Waals surface area contributed by atoms with Crippen LogP contribution >= 0.6 is 11.3 Å². The number of hydrazone groups is 1. The number of pyridine rings is 1. The van der Waals surface area contributed by atoms with Crippen molar-refractivity contribution in [3.63, 3.8) is 0 Å². The van der Waals surface area contributed by atoms with Gasteiger partial charge in [0.25, 0.3) is 5.91 Å². The Balaban J connectivity index is 1.55. The SMILES string of the molecule is COCc1cc(C)nc2sc(C(=O)NN=Cc3c(O)ccc4ccccc34)c(-n3cccc3)c12. The number of aromatic nitrogens is 2. The van der Waals surface area contributed by atoms with Gasteiger partial charge < -0.3 is 14.4 Å². The number of carbonyl (C=O) groups is 1. The van der Waals surface area contributed by atoms with E-state index in [9.17, 15) is 9.90 Å². The molecule has 7 nitrogen and oxygen atoms in total. The van der Waals surface area contributed by atoms with Gasteiger partial charge in [0.15, 0.2) is 0 Å². The molecule has 0 fully saturated rings. The van der Waals surface area contributed by atoms with Crippen molar-refractivity contribution in [2.75, 3.05) is 7.11 Å². The number of phenolic OH excluding ortho intramolecular Hbond substituents is 1. The molecule has 2 aromatic carbocycles. The van der Waals surface area contributed by atoms with Crippen molar-refractivity contribution < 1.29 is 14.6 Å². The summed E-state index contributed by atoms with van der Waals surface area (Å²) in [5, 5.41) is 17.2. The zero-order valence-electron chi connectivity index (χ0n) is 18.6. The fourth-order valence-corrected chi connectivity index (χ4v) is 5.23. The minimum atomic E-state index is -0.358. The molecule has 3 aromatic heterocycles. The van der Waals surface area contributed by atoms with Crippen molar-refractivity contribution in [3.8, 4) is 11.4 Å². The summed E-state index contributed by atoms with van der Waals surface area (Å²) in [5.41, 5.74) is 5.73. The van der Waals surface area contributed by atoms with Crippen LogP contribution in [0.3, 0.4) is 0 Å². The monoisotopic (exact) mass is 470 g/mol. The lowest BCUT2D eigenvalue weighted by Crippen LogP contribution is -2.18.